The largest absolute Gasteiger partial charge is 0.447 e. The summed E-state index contributed by atoms with van der Waals surface area (Å²) in [6.07, 6.45) is -0.0576. The SMILES string of the molecule is O=C(c1ccccc1F)N1CC[C@H]2COC(=O)N2c2cc(F)ccc2C1. The first-order chi connectivity index (χ1) is 12.5. The molecule has 5 nitrogen and oxygen atoms in total. The van der Waals surface area contributed by atoms with Crippen LogP contribution in [-0.4, -0.2) is 36.1 Å². The zero-order chi connectivity index (χ0) is 18.3. The number of carbonyl (C=O) groups excluding carboxylic acids is 2. The van der Waals surface area contributed by atoms with Gasteiger partial charge >= 0.3 is 6.09 Å². The Balaban J connectivity index is 1.73. The van der Waals surface area contributed by atoms with Crippen LogP contribution in [0.1, 0.15) is 22.3 Å². The van der Waals surface area contributed by atoms with Crippen LogP contribution in [0.15, 0.2) is 42.5 Å². The van der Waals surface area contributed by atoms with E-state index in [1.807, 2.05) is 0 Å². The van der Waals surface area contributed by atoms with E-state index in [4.69, 9.17) is 4.74 Å². The van der Waals surface area contributed by atoms with Crippen molar-refractivity contribution >= 4 is 17.7 Å². The molecule has 4 rings (SSSR count). The average molecular weight is 358 g/mol. The maximum Gasteiger partial charge on any atom is 0.414 e. The van der Waals surface area contributed by atoms with E-state index in [-0.39, 0.29) is 24.8 Å². The summed E-state index contributed by atoms with van der Waals surface area (Å²) in [5.74, 6) is -1.49. The Morgan fingerprint density at radius 2 is 1.96 bits per heavy atom. The second-order valence-corrected chi connectivity index (χ2v) is 6.37. The molecule has 1 atom stereocenters. The summed E-state index contributed by atoms with van der Waals surface area (Å²) in [7, 11) is 0. The average Bonchev–Trinajstić information content (AvgIpc) is 2.97. The van der Waals surface area contributed by atoms with Crippen LogP contribution in [0.3, 0.4) is 0 Å². The van der Waals surface area contributed by atoms with Crippen LogP contribution in [0.4, 0.5) is 19.3 Å². The minimum absolute atomic E-state index is 0.00709. The molecular formula is C19H16F2N2O3. The molecule has 2 heterocycles. The van der Waals surface area contributed by atoms with Gasteiger partial charge in [0, 0.05) is 13.1 Å². The third-order valence-corrected chi connectivity index (χ3v) is 4.75. The third kappa shape index (κ3) is 2.79. The molecule has 0 radical (unpaired) electrons. The maximum atomic E-state index is 14.0. The minimum Gasteiger partial charge on any atom is -0.447 e. The van der Waals surface area contributed by atoms with Gasteiger partial charge in [-0.1, -0.05) is 18.2 Å². The van der Waals surface area contributed by atoms with Gasteiger partial charge in [0.1, 0.15) is 18.2 Å². The quantitative estimate of drug-likeness (QED) is 0.786. The lowest BCUT2D eigenvalue weighted by Crippen LogP contribution is -2.42. The number of fused-ring (bicyclic) bond motifs is 3. The molecule has 0 spiro atoms. The molecule has 2 aromatic carbocycles. The van der Waals surface area contributed by atoms with Crippen molar-refractivity contribution < 1.29 is 23.1 Å². The lowest BCUT2D eigenvalue weighted by atomic mass is 10.0. The summed E-state index contributed by atoms with van der Waals surface area (Å²) in [5, 5.41) is 0. The first-order valence-electron chi connectivity index (χ1n) is 8.33. The molecule has 2 amide bonds. The van der Waals surface area contributed by atoms with Crippen LogP contribution in [-0.2, 0) is 11.3 Å². The molecule has 26 heavy (non-hydrogen) atoms. The Morgan fingerprint density at radius 1 is 1.15 bits per heavy atom. The molecular weight excluding hydrogens is 342 g/mol. The van der Waals surface area contributed by atoms with Crippen molar-refractivity contribution in [2.24, 2.45) is 0 Å². The molecule has 7 heteroatoms. The summed E-state index contributed by atoms with van der Waals surface area (Å²) in [5.41, 5.74) is 0.996. The fourth-order valence-electron chi connectivity index (χ4n) is 3.43. The highest BCUT2D eigenvalue weighted by Crippen LogP contribution is 2.32. The van der Waals surface area contributed by atoms with Gasteiger partial charge in [-0.25, -0.2) is 13.6 Å². The van der Waals surface area contributed by atoms with Gasteiger partial charge in [0.15, 0.2) is 0 Å². The molecule has 0 saturated carbocycles. The van der Waals surface area contributed by atoms with E-state index in [1.165, 1.54) is 40.1 Å². The predicted molar refractivity (Wildman–Crippen MR) is 89.8 cm³/mol. The molecule has 2 aliphatic rings. The van der Waals surface area contributed by atoms with Crippen molar-refractivity contribution in [3.8, 4) is 0 Å². The fourth-order valence-corrected chi connectivity index (χ4v) is 3.43. The van der Waals surface area contributed by atoms with E-state index >= 15 is 0 Å². The number of hydrogen-bond acceptors (Lipinski definition) is 3. The second-order valence-electron chi connectivity index (χ2n) is 6.37. The molecule has 0 aromatic heterocycles. The zero-order valence-electron chi connectivity index (χ0n) is 13.8. The molecule has 1 saturated heterocycles. The van der Waals surface area contributed by atoms with E-state index in [0.717, 1.165) is 0 Å². The number of halogens is 2. The molecule has 1 fully saturated rings. The minimum atomic E-state index is -0.583. The summed E-state index contributed by atoms with van der Waals surface area (Å²) >= 11 is 0. The van der Waals surface area contributed by atoms with Crippen molar-refractivity contribution in [1.82, 2.24) is 4.90 Å². The summed E-state index contributed by atoms with van der Waals surface area (Å²) in [6, 6.07) is 9.61. The topological polar surface area (TPSA) is 49.9 Å². The monoisotopic (exact) mass is 358 g/mol. The van der Waals surface area contributed by atoms with Gasteiger partial charge in [-0.3, -0.25) is 9.69 Å². The van der Waals surface area contributed by atoms with Gasteiger partial charge in [0.25, 0.3) is 5.91 Å². The van der Waals surface area contributed by atoms with Crippen LogP contribution in [0.25, 0.3) is 0 Å². The molecule has 0 bridgehead atoms. The van der Waals surface area contributed by atoms with Crippen molar-refractivity contribution in [1.29, 1.82) is 0 Å². The fraction of sp³-hybridized carbons (Fsp3) is 0.263. The Labute approximate surface area is 148 Å². The number of cyclic esters (lactones) is 1. The predicted octanol–water partition coefficient (Wildman–Crippen LogP) is 3.34. The number of anilines is 1. The van der Waals surface area contributed by atoms with Gasteiger partial charge in [0.05, 0.1) is 17.3 Å². The molecule has 2 aliphatic heterocycles. The van der Waals surface area contributed by atoms with Crippen LogP contribution < -0.4 is 4.90 Å². The van der Waals surface area contributed by atoms with E-state index < -0.39 is 23.6 Å². The number of benzene rings is 2. The van der Waals surface area contributed by atoms with Gasteiger partial charge in [-0.15, -0.1) is 0 Å². The van der Waals surface area contributed by atoms with Crippen LogP contribution in [0.2, 0.25) is 0 Å². The molecule has 0 unspecified atom stereocenters. The van der Waals surface area contributed by atoms with Crippen LogP contribution in [0.5, 0.6) is 0 Å². The maximum absolute atomic E-state index is 14.0. The van der Waals surface area contributed by atoms with E-state index in [2.05, 4.69) is 0 Å². The van der Waals surface area contributed by atoms with Crippen molar-refractivity contribution in [3.05, 3.63) is 65.2 Å². The first kappa shape index (κ1) is 16.5. The summed E-state index contributed by atoms with van der Waals surface area (Å²) in [6.45, 7) is 0.664. The molecule has 134 valence electrons. The smallest absolute Gasteiger partial charge is 0.414 e. The molecule has 2 aromatic rings. The Morgan fingerprint density at radius 3 is 2.77 bits per heavy atom. The lowest BCUT2D eigenvalue weighted by molar-refractivity contribution is 0.0730. The van der Waals surface area contributed by atoms with Gasteiger partial charge < -0.3 is 9.64 Å². The highest BCUT2D eigenvalue weighted by atomic mass is 19.1. The third-order valence-electron chi connectivity index (χ3n) is 4.75. The lowest BCUT2D eigenvalue weighted by Gasteiger charge is -2.32. The van der Waals surface area contributed by atoms with Crippen molar-refractivity contribution in [2.75, 3.05) is 18.1 Å². The van der Waals surface area contributed by atoms with Crippen molar-refractivity contribution in [3.63, 3.8) is 0 Å². The number of ether oxygens (including phenoxy) is 1. The normalized spacial score (nSPS) is 19.3. The standard InChI is InChI=1S/C19H16F2N2O3/c20-13-6-5-12-10-22(18(24)15-3-1-2-4-16(15)21)8-7-14-11-26-19(25)23(14)17(12)9-13/h1-6,9,14H,7-8,10-11H2/t14-/m0/s1. The highest BCUT2D eigenvalue weighted by Gasteiger charge is 2.38. The Hall–Kier alpha value is -2.96. The van der Waals surface area contributed by atoms with Gasteiger partial charge in [0.2, 0.25) is 0 Å². The number of nitrogens with zero attached hydrogens (tertiary/aromatic N) is 2. The molecule has 0 N–H and O–H groups in total. The highest BCUT2D eigenvalue weighted by molar-refractivity contribution is 5.95. The van der Waals surface area contributed by atoms with Gasteiger partial charge in [-0.2, -0.15) is 0 Å². The van der Waals surface area contributed by atoms with E-state index in [9.17, 15) is 18.4 Å². The first-order valence-corrected chi connectivity index (χ1v) is 8.33. The van der Waals surface area contributed by atoms with E-state index in [0.29, 0.717) is 24.2 Å². The number of carbonyl (C=O) groups is 2. The summed E-state index contributed by atoms with van der Waals surface area (Å²) < 4.78 is 32.9. The van der Waals surface area contributed by atoms with E-state index in [1.54, 1.807) is 12.1 Å². The second kappa shape index (κ2) is 6.40. The number of amides is 2. The van der Waals surface area contributed by atoms with Crippen LogP contribution >= 0.6 is 0 Å². The number of rotatable bonds is 1. The zero-order valence-corrected chi connectivity index (χ0v) is 13.8. The number of hydrogen-bond donors (Lipinski definition) is 0. The van der Waals surface area contributed by atoms with Crippen molar-refractivity contribution in [2.45, 2.75) is 19.0 Å². The molecule has 0 aliphatic carbocycles. The Bertz CT molecular complexity index is 887. The van der Waals surface area contributed by atoms with Crippen LogP contribution in [0, 0.1) is 11.6 Å². The van der Waals surface area contributed by atoms with Gasteiger partial charge in [-0.05, 0) is 36.2 Å². The summed E-state index contributed by atoms with van der Waals surface area (Å²) in [4.78, 5) is 27.9. The Kier molecular flexibility index (Phi) is 4.06.